The predicted octanol–water partition coefficient (Wildman–Crippen LogP) is 11.1. The van der Waals surface area contributed by atoms with Gasteiger partial charge in [-0.25, -0.2) is 4.57 Å². The van der Waals surface area contributed by atoms with Crippen LogP contribution in [0.2, 0.25) is 0 Å². The van der Waals surface area contributed by atoms with Crippen LogP contribution in [0.4, 0.5) is 0 Å². The van der Waals surface area contributed by atoms with Crippen molar-refractivity contribution in [3.63, 3.8) is 0 Å². The maximum Gasteiger partial charge on any atom is 0.472 e. The van der Waals surface area contributed by atoms with Crippen LogP contribution in [0.3, 0.4) is 0 Å². The van der Waals surface area contributed by atoms with Crippen molar-refractivity contribution in [2.45, 2.75) is 200 Å². The molecule has 0 heterocycles. The van der Waals surface area contributed by atoms with Crippen LogP contribution < -0.4 is 5.73 Å². The van der Waals surface area contributed by atoms with Gasteiger partial charge in [-0.05, 0) is 38.5 Å². The summed E-state index contributed by atoms with van der Waals surface area (Å²) in [4.78, 5) is 34.7. The molecule has 2 atom stereocenters. The summed E-state index contributed by atoms with van der Waals surface area (Å²) in [5, 5.41) is 0. The van der Waals surface area contributed by atoms with E-state index in [2.05, 4.69) is 26.0 Å². The van der Waals surface area contributed by atoms with Gasteiger partial charge in [0.1, 0.15) is 6.61 Å². The molecule has 10 heteroatoms. The Kier molecular flexibility index (Phi) is 35.6. The lowest BCUT2D eigenvalue weighted by Gasteiger charge is -2.19. The second-order valence-electron chi connectivity index (χ2n) is 13.5. The zero-order valence-corrected chi connectivity index (χ0v) is 32.6. The Morgan fingerprint density at radius 3 is 1.49 bits per heavy atom. The number of unbranched alkanes of at least 4 members (excludes halogenated alkanes) is 23. The molecule has 0 aliphatic rings. The molecule has 0 aliphatic carbocycles. The van der Waals surface area contributed by atoms with Gasteiger partial charge >= 0.3 is 19.8 Å². The minimum atomic E-state index is -4.37. The van der Waals surface area contributed by atoms with Gasteiger partial charge in [0.05, 0.1) is 13.2 Å². The third-order valence-corrected chi connectivity index (χ3v) is 9.64. The van der Waals surface area contributed by atoms with E-state index in [0.29, 0.717) is 6.42 Å². The Morgan fingerprint density at radius 2 is 1.00 bits per heavy atom. The predicted molar refractivity (Wildman–Crippen MR) is 201 cm³/mol. The molecule has 49 heavy (non-hydrogen) atoms. The van der Waals surface area contributed by atoms with Crippen LogP contribution in [-0.4, -0.2) is 49.3 Å². The fraction of sp³-hybridized carbons (Fsp3) is 0.897. The first kappa shape index (κ1) is 47.8. The first-order chi connectivity index (χ1) is 23.8. The Bertz CT molecular complexity index is 825. The molecule has 0 fully saturated rings. The van der Waals surface area contributed by atoms with Crippen LogP contribution >= 0.6 is 7.82 Å². The molecule has 0 aromatic heterocycles. The molecule has 0 spiro atoms. The molecule has 0 aliphatic heterocycles. The van der Waals surface area contributed by atoms with Crippen molar-refractivity contribution in [3.8, 4) is 0 Å². The number of carbonyl (C=O) groups is 2. The second-order valence-corrected chi connectivity index (χ2v) is 15.0. The van der Waals surface area contributed by atoms with Crippen LogP contribution in [0.15, 0.2) is 12.2 Å². The smallest absolute Gasteiger partial charge is 0.462 e. The van der Waals surface area contributed by atoms with Crippen LogP contribution in [0.5, 0.6) is 0 Å². The number of ether oxygens (including phenoxy) is 2. The summed E-state index contributed by atoms with van der Waals surface area (Å²) < 4.78 is 32.7. The summed E-state index contributed by atoms with van der Waals surface area (Å²) in [5.74, 6) is -0.832. The van der Waals surface area contributed by atoms with Gasteiger partial charge in [0.2, 0.25) is 0 Å². The highest BCUT2D eigenvalue weighted by Gasteiger charge is 2.26. The van der Waals surface area contributed by atoms with E-state index >= 15 is 0 Å². The van der Waals surface area contributed by atoms with Gasteiger partial charge in [-0.3, -0.25) is 18.6 Å². The van der Waals surface area contributed by atoms with Crippen molar-refractivity contribution in [1.29, 1.82) is 0 Å². The lowest BCUT2D eigenvalue weighted by molar-refractivity contribution is -0.161. The molecule has 0 saturated heterocycles. The van der Waals surface area contributed by atoms with Crippen molar-refractivity contribution < 1.29 is 37.6 Å². The number of rotatable bonds is 38. The van der Waals surface area contributed by atoms with Crippen LogP contribution in [0, 0.1) is 0 Å². The number of nitrogens with two attached hydrogens (primary N) is 1. The molecule has 0 rings (SSSR count). The molecule has 0 radical (unpaired) electrons. The molecular weight excluding hydrogens is 641 g/mol. The van der Waals surface area contributed by atoms with Gasteiger partial charge in [-0.15, -0.1) is 0 Å². The summed E-state index contributed by atoms with van der Waals surface area (Å²) in [7, 11) is -4.37. The Hall–Kier alpha value is -1.25. The number of esters is 2. The number of hydrogen-bond donors (Lipinski definition) is 2. The highest BCUT2D eigenvalue weighted by Crippen LogP contribution is 2.43. The highest BCUT2D eigenvalue weighted by atomic mass is 31.2. The van der Waals surface area contributed by atoms with Crippen molar-refractivity contribution in [2.75, 3.05) is 26.4 Å². The monoisotopic (exact) mass is 718 g/mol. The first-order valence-electron chi connectivity index (χ1n) is 20.2. The highest BCUT2D eigenvalue weighted by molar-refractivity contribution is 7.47. The molecule has 0 saturated carbocycles. The average molecular weight is 718 g/mol. The molecule has 0 aromatic carbocycles. The standard InChI is InChI=1S/C39H76NO8P/c1-3-5-7-9-11-13-15-17-18-19-20-22-23-25-27-29-31-38(41)45-35-37(36-47-49(43,44)46-34-33-40)48-39(42)32-30-28-26-24-21-16-14-12-10-8-6-4-2/h12,14,37H,3-11,13,15-36,40H2,1-2H3,(H,43,44)/b14-12-. The minimum absolute atomic E-state index is 0.0546. The number of phosphoric acid groups is 1. The van der Waals surface area contributed by atoms with E-state index in [1.54, 1.807) is 0 Å². The Balaban J connectivity index is 4.15. The van der Waals surface area contributed by atoms with Gasteiger partial charge in [-0.2, -0.15) is 0 Å². The van der Waals surface area contributed by atoms with Crippen molar-refractivity contribution >= 4 is 19.8 Å². The van der Waals surface area contributed by atoms with Crippen LogP contribution in [0.25, 0.3) is 0 Å². The normalized spacial score (nSPS) is 13.5. The van der Waals surface area contributed by atoms with E-state index in [1.807, 2.05) is 0 Å². The molecule has 0 bridgehead atoms. The second kappa shape index (κ2) is 36.5. The van der Waals surface area contributed by atoms with Crippen molar-refractivity contribution in [3.05, 3.63) is 12.2 Å². The molecule has 0 amide bonds. The lowest BCUT2D eigenvalue weighted by Crippen LogP contribution is -2.29. The summed E-state index contributed by atoms with van der Waals surface area (Å²) in [6.07, 6.45) is 35.2. The van der Waals surface area contributed by atoms with Gasteiger partial charge in [0, 0.05) is 19.4 Å². The largest absolute Gasteiger partial charge is 0.472 e. The minimum Gasteiger partial charge on any atom is -0.462 e. The fourth-order valence-corrected chi connectivity index (χ4v) is 6.39. The fourth-order valence-electron chi connectivity index (χ4n) is 5.63. The van der Waals surface area contributed by atoms with Crippen LogP contribution in [0.1, 0.15) is 194 Å². The number of allylic oxidation sites excluding steroid dienone is 2. The number of hydrogen-bond acceptors (Lipinski definition) is 8. The number of carbonyl (C=O) groups excluding carboxylic acids is 2. The summed E-state index contributed by atoms with van der Waals surface area (Å²) in [6, 6.07) is 0. The molecule has 0 aromatic rings. The third kappa shape index (κ3) is 36.3. The topological polar surface area (TPSA) is 134 Å². The van der Waals surface area contributed by atoms with E-state index in [1.165, 1.54) is 103 Å². The van der Waals surface area contributed by atoms with E-state index < -0.39 is 26.5 Å². The Morgan fingerprint density at radius 1 is 0.592 bits per heavy atom. The third-order valence-electron chi connectivity index (χ3n) is 8.65. The maximum absolute atomic E-state index is 12.5. The molecule has 290 valence electrons. The average Bonchev–Trinajstić information content (AvgIpc) is 3.08. The SMILES string of the molecule is CCCCC/C=C\CCCCCCCC(=O)OC(COC(=O)CCCCCCCCCCCCCCCCCC)COP(=O)(O)OCCN. The zero-order chi connectivity index (χ0) is 36.1. The van der Waals surface area contributed by atoms with E-state index in [-0.39, 0.29) is 38.6 Å². The molecule has 3 N–H and O–H groups in total. The lowest BCUT2D eigenvalue weighted by atomic mass is 10.0. The summed E-state index contributed by atoms with van der Waals surface area (Å²) in [6.45, 7) is 3.71. The Labute approximate surface area is 300 Å². The summed E-state index contributed by atoms with van der Waals surface area (Å²) >= 11 is 0. The van der Waals surface area contributed by atoms with Gasteiger partial charge in [-0.1, -0.05) is 154 Å². The molecule has 2 unspecified atom stereocenters. The first-order valence-corrected chi connectivity index (χ1v) is 21.7. The summed E-state index contributed by atoms with van der Waals surface area (Å²) in [5.41, 5.74) is 5.33. The van der Waals surface area contributed by atoms with E-state index in [9.17, 15) is 19.0 Å². The quantitative estimate of drug-likeness (QED) is 0.0277. The molecular formula is C39H76NO8P. The van der Waals surface area contributed by atoms with Gasteiger partial charge in [0.15, 0.2) is 6.10 Å². The van der Waals surface area contributed by atoms with Crippen LogP contribution in [-0.2, 0) is 32.7 Å². The maximum atomic E-state index is 12.5. The zero-order valence-electron chi connectivity index (χ0n) is 31.7. The van der Waals surface area contributed by atoms with Gasteiger partial charge < -0.3 is 20.1 Å². The molecule has 9 nitrogen and oxygen atoms in total. The van der Waals surface area contributed by atoms with E-state index in [0.717, 1.165) is 57.8 Å². The number of phosphoric ester groups is 1. The van der Waals surface area contributed by atoms with Crippen molar-refractivity contribution in [2.24, 2.45) is 5.73 Å². The van der Waals surface area contributed by atoms with Crippen molar-refractivity contribution in [1.82, 2.24) is 0 Å². The van der Waals surface area contributed by atoms with E-state index in [4.69, 9.17) is 24.3 Å². The van der Waals surface area contributed by atoms with Gasteiger partial charge in [0.25, 0.3) is 0 Å².